The maximum absolute atomic E-state index is 9.83. The maximum atomic E-state index is 9.83. The monoisotopic (exact) mass is 146 g/mol. The van der Waals surface area contributed by atoms with Crippen molar-refractivity contribution in [3.8, 4) is 0 Å². The van der Waals surface area contributed by atoms with E-state index in [1.807, 2.05) is 0 Å². The molecule has 0 aliphatic carbocycles. The quantitative estimate of drug-likeness (QED) is 0.170. The first-order valence-electron chi connectivity index (χ1n) is 1.50. The molecule has 5 heteroatoms. The van der Waals surface area contributed by atoms with Gasteiger partial charge >= 0.3 is 42.0 Å². The molecule has 0 aromatic heterocycles. The third-order valence-electron chi connectivity index (χ3n) is 0.289. The first kappa shape index (κ1) is 11.3. The second-order valence-electron chi connectivity index (χ2n) is 0.720. The van der Waals surface area contributed by atoms with Gasteiger partial charge in [0.05, 0.1) is 0 Å². The molecular formula is C3H4ClNaO3. The molecule has 3 nitrogen and oxygen atoms in total. The van der Waals surface area contributed by atoms with Gasteiger partial charge in [-0.25, -0.2) is 0 Å². The Morgan fingerprint density at radius 1 is 1.75 bits per heavy atom. The van der Waals surface area contributed by atoms with E-state index in [0.29, 0.717) is 0 Å². The van der Waals surface area contributed by atoms with Crippen LogP contribution < -0.4 is 0 Å². The number of rotatable bonds is 2. The summed E-state index contributed by atoms with van der Waals surface area (Å²) in [6, 6.07) is 0. The molecule has 0 aliphatic heterocycles. The Labute approximate surface area is 73.6 Å². The van der Waals surface area contributed by atoms with E-state index in [4.69, 9.17) is 11.6 Å². The van der Waals surface area contributed by atoms with Crippen molar-refractivity contribution in [3.05, 3.63) is 0 Å². The van der Waals surface area contributed by atoms with Gasteiger partial charge in [0, 0.05) is 0 Å². The third-order valence-corrected chi connectivity index (χ3v) is 0.507. The van der Waals surface area contributed by atoms with Crippen LogP contribution in [0.3, 0.4) is 0 Å². The minimum absolute atomic E-state index is 0. The third kappa shape index (κ3) is 6.43. The van der Waals surface area contributed by atoms with Crippen LogP contribution in [0.5, 0.6) is 0 Å². The number of ether oxygens (including phenoxy) is 1. The summed E-state index contributed by atoms with van der Waals surface area (Å²) in [5.41, 5.74) is 0. The summed E-state index contributed by atoms with van der Waals surface area (Å²) in [4.78, 5) is 19.1. The Kier molecular flexibility index (Phi) is 10.5. The fraction of sp³-hybridized carbons (Fsp3) is 0.333. The SMILES string of the molecule is O=COC(=O)CCl.[NaH]. The standard InChI is InChI=1S/C3H3ClO3.Na.H/c4-1-3(6)7-2-5;;/h2H,1H2;;. The van der Waals surface area contributed by atoms with Gasteiger partial charge in [0.2, 0.25) is 0 Å². The van der Waals surface area contributed by atoms with E-state index < -0.39 is 5.97 Å². The summed E-state index contributed by atoms with van der Waals surface area (Å²) >= 11 is 4.90. The second kappa shape index (κ2) is 7.43. The Bertz CT molecular complexity index is 84.6. The van der Waals surface area contributed by atoms with Gasteiger partial charge in [0.15, 0.2) is 0 Å². The van der Waals surface area contributed by atoms with E-state index in [2.05, 4.69) is 4.74 Å². The summed E-state index contributed by atoms with van der Waals surface area (Å²) in [6.07, 6.45) is 0. The fourth-order valence-corrected chi connectivity index (χ4v) is 0.148. The molecule has 0 saturated heterocycles. The molecule has 0 aromatic carbocycles. The van der Waals surface area contributed by atoms with Gasteiger partial charge in [-0.3, -0.25) is 9.59 Å². The van der Waals surface area contributed by atoms with Crippen molar-refractivity contribution in [2.75, 3.05) is 5.88 Å². The average Bonchev–Trinajstić information content (AvgIpc) is 1.68. The number of carbonyl (C=O) groups is 2. The molecule has 0 radical (unpaired) electrons. The van der Waals surface area contributed by atoms with Crippen molar-refractivity contribution in [1.29, 1.82) is 0 Å². The van der Waals surface area contributed by atoms with Gasteiger partial charge in [-0.1, -0.05) is 0 Å². The molecular weight excluding hydrogens is 142 g/mol. The number of esters is 1. The normalized spacial score (nSPS) is 6.62. The van der Waals surface area contributed by atoms with Gasteiger partial charge in [-0.15, -0.1) is 11.6 Å². The summed E-state index contributed by atoms with van der Waals surface area (Å²) in [6.45, 7) is 0.0463. The van der Waals surface area contributed by atoms with E-state index in [-0.39, 0.29) is 41.9 Å². The van der Waals surface area contributed by atoms with Crippen LogP contribution in [0.25, 0.3) is 0 Å². The summed E-state index contributed by atoms with van der Waals surface area (Å²) in [5.74, 6) is -1.00. The number of hydrogen-bond donors (Lipinski definition) is 0. The van der Waals surface area contributed by atoms with Crippen molar-refractivity contribution in [2.24, 2.45) is 0 Å². The molecule has 0 aliphatic rings. The first-order valence-corrected chi connectivity index (χ1v) is 2.03. The molecule has 0 spiro atoms. The molecule has 0 amide bonds. The molecule has 0 heterocycles. The molecule has 0 bridgehead atoms. The van der Waals surface area contributed by atoms with Crippen molar-refractivity contribution in [1.82, 2.24) is 0 Å². The van der Waals surface area contributed by atoms with Crippen LogP contribution in [0.15, 0.2) is 0 Å². The minimum atomic E-state index is -0.725. The zero-order valence-corrected chi connectivity index (χ0v) is 4.14. The predicted octanol–water partition coefficient (Wildman–Crippen LogP) is -0.724. The molecule has 0 N–H and O–H groups in total. The van der Waals surface area contributed by atoms with Crippen molar-refractivity contribution >= 4 is 53.6 Å². The van der Waals surface area contributed by atoms with Crippen LogP contribution in [0.4, 0.5) is 0 Å². The van der Waals surface area contributed by atoms with Crippen molar-refractivity contribution < 1.29 is 14.3 Å². The van der Waals surface area contributed by atoms with E-state index in [0.717, 1.165) is 0 Å². The van der Waals surface area contributed by atoms with E-state index in [1.165, 1.54) is 0 Å². The molecule has 0 unspecified atom stereocenters. The zero-order valence-electron chi connectivity index (χ0n) is 3.39. The van der Waals surface area contributed by atoms with E-state index in [9.17, 15) is 9.59 Å². The van der Waals surface area contributed by atoms with Gasteiger partial charge in [-0.05, 0) is 0 Å². The van der Waals surface area contributed by atoms with Crippen LogP contribution in [0, 0.1) is 0 Å². The number of alkyl halides is 1. The molecule has 8 heavy (non-hydrogen) atoms. The molecule has 0 aromatic rings. The molecule has 0 atom stereocenters. The average molecular weight is 147 g/mol. The number of halogens is 1. The van der Waals surface area contributed by atoms with Gasteiger partial charge < -0.3 is 4.74 Å². The van der Waals surface area contributed by atoms with Crippen LogP contribution in [0.2, 0.25) is 0 Å². The van der Waals surface area contributed by atoms with E-state index >= 15 is 0 Å². The van der Waals surface area contributed by atoms with Crippen LogP contribution >= 0.6 is 11.6 Å². The van der Waals surface area contributed by atoms with Crippen molar-refractivity contribution in [3.63, 3.8) is 0 Å². The Hall–Kier alpha value is 0.430. The van der Waals surface area contributed by atoms with E-state index in [1.54, 1.807) is 0 Å². The summed E-state index contributed by atoms with van der Waals surface area (Å²) in [7, 11) is 0. The fourth-order valence-electron chi connectivity index (χ4n) is 0.0852. The Morgan fingerprint density at radius 3 is 2.38 bits per heavy atom. The number of hydrogen-bond acceptors (Lipinski definition) is 3. The Morgan fingerprint density at radius 2 is 2.25 bits per heavy atom. The summed E-state index contributed by atoms with van der Waals surface area (Å²) < 4.78 is 3.74. The predicted molar refractivity (Wildman–Crippen MR) is 30.0 cm³/mol. The first-order chi connectivity index (χ1) is 3.31. The summed E-state index contributed by atoms with van der Waals surface area (Å²) in [5, 5.41) is 0. The molecule has 0 rings (SSSR count). The number of carbonyl (C=O) groups excluding carboxylic acids is 2. The van der Waals surface area contributed by atoms with Gasteiger partial charge in [0.25, 0.3) is 0 Å². The molecule has 0 fully saturated rings. The second-order valence-corrected chi connectivity index (χ2v) is 0.987. The van der Waals surface area contributed by atoms with Gasteiger partial charge in [0.1, 0.15) is 5.88 Å². The van der Waals surface area contributed by atoms with Crippen molar-refractivity contribution in [2.45, 2.75) is 0 Å². The van der Waals surface area contributed by atoms with Gasteiger partial charge in [-0.2, -0.15) is 0 Å². The van der Waals surface area contributed by atoms with Crippen LogP contribution in [-0.4, -0.2) is 47.9 Å². The zero-order chi connectivity index (χ0) is 5.70. The molecule has 0 saturated carbocycles. The molecule has 42 valence electrons. The Balaban J connectivity index is 0. The van der Waals surface area contributed by atoms with Crippen LogP contribution in [0.1, 0.15) is 0 Å². The van der Waals surface area contributed by atoms with Crippen LogP contribution in [-0.2, 0) is 14.3 Å². The topological polar surface area (TPSA) is 43.4 Å².